The van der Waals surface area contributed by atoms with Gasteiger partial charge in [0.15, 0.2) is 5.82 Å². The number of fused-ring (bicyclic) bond motifs is 3. The van der Waals surface area contributed by atoms with Crippen LogP contribution in [0.15, 0.2) is 49.1 Å². The van der Waals surface area contributed by atoms with Crippen molar-refractivity contribution in [3.63, 3.8) is 0 Å². The molecule has 0 unspecified atom stereocenters. The molecule has 2 aromatic heterocycles. The number of piperidine rings is 2. The summed E-state index contributed by atoms with van der Waals surface area (Å²) in [6, 6.07) is 8.81. The van der Waals surface area contributed by atoms with Gasteiger partial charge in [-0.05, 0) is 49.9 Å². The fraction of sp³-hybridized carbons (Fsp3) is 0.409. The van der Waals surface area contributed by atoms with Gasteiger partial charge in [0.25, 0.3) is 0 Å². The summed E-state index contributed by atoms with van der Waals surface area (Å²) in [6.45, 7) is 2.80. The van der Waals surface area contributed by atoms with Gasteiger partial charge in [-0.1, -0.05) is 0 Å². The van der Waals surface area contributed by atoms with Crippen molar-refractivity contribution in [3.05, 3.63) is 49.1 Å². The maximum absolute atomic E-state index is 15.2. The second-order valence-electron chi connectivity index (χ2n) is 8.55. The van der Waals surface area contributed by atoms with E-state index >= 15 is 4.39 Å². The molecule has 6 rings (SSSR count). The van der Waals surface area contributed by atoms with Crippen LogP contribution in [0.25, 0.3) is 16.9 Å². The molecule has 3 aliphatic rings. The van der Waals surface area contributed by atoms with Gasteiger partial charge in [0, 0.05) is 43.2 Å². The van der Waals surface area contributed by atoms with Crippen LogP contribution in [0.4, 0.5) is 10.2 Å². The molecular weight excluding hydrogens is 383 g/mol. The standard InChI is InChI=1S/C22H25FN6O/c1-22-8-7-14(12-25-22)20(21(22)23)28(2)19-6-5-17(26-27-19)16-4-3-15(11-18(16)30)29-10-9-24-13-29/h3-6,9-11,13-14,20-21,25,30H,7-8,12H2,1-2H3/t14-,20-,21+,22-/m0/s1. The van der Waals surface area contributed by atoms with E-state index in [1.807, 2.05) is 53.9 Å². The van der Waals surface area contributed by atoms with Crippen molar-refractivity contribution < 1.29 is 9.50 Å². The number of phenols is 1. The number of rotatable bonds is 4. The zero-order chi connectivity index (χ0) is 20.9. The number of halogens is 1. The van der Waals surface area contributed by atoms with E-state index in [0.717, 1.165) is 25.1 Å². The summed E-state index contributed by atoms with van der Waals surface area (Å²) in [5, 5.41) is 22.5. The van der Waals surface area contributed by atoms with Crippen LogP contribution < -0.4 is 10.2 Å². The van der Waals surface area contributed by atoms with E-state index in [-0.39, 0.29) is 17.7 Å². The minimum absolute atomic E-state index is 0.115. The predicted octanol–water partition coefficient (Wildman–Crippen LogP) is 2.95. The maximum atomic E-state index is 15.2. The number of alkyl halides is 1. The minimum atomic E-state index is -0.962. The summed E-state index contributed by atoms with van der Waals surface area (Å²) in [5.74, 6) is 1.01. The van der Waals surface area contributed by atoms with E-state index in [9.17, 15) is 5.11 Å². The van der Waals surface area contributed by atoms with Crippen LogP contribution >= 0.6 is 0 Å². The van der Waals surface area contributed by atoms with Crippen molar-refractivity contribution in [1.82, 2.24) is 25.1 Å². The number of nitrogens with one attached hydrogen (secondary N) is 1. The molecule has 1 aromatic carbocycles. The second kappa shape index (κ2) is 7.05. The molecule has 4 atom stereocenters. The monoisotopic (exact) mass is 408 g/mol. The Morgan fingerprint density at radius 3 is 2.77 bits per heavy atom. The number of nitrogens with zero attached hydrogens (tertiary/aromatic N) is 5. The van der Waals surface area contributed by atoms with Gasteiger partial charge in [-0.2, -0.15) is 0 Å². The summed E-state index contributed by atoms with van der Waals surface area (Å²) < 4.78 is 17.0. The molecular formula is C22H25FN6O. The number of anilines is 1. The lowest BCUT2D eigenvalue weighted by Gasteiger charge is -2.54. The average molecular weight is 408 g/mol. The lowest BCUT2D eigenvalue weighted by atomic mass is 9.68. The van der Waals surface area contributed by atoms with Crippen molar-refractivity contribution >= 4 is 5.82 Å². The highest BCUT2D eigenvalue weighted by Crippen LogP contribution is 2.42. The van der Waals surface area contributed by atoms with E-state index in [1.54, 1.807) is 18.6 Å². The Bertz CT molecular complexity index is 1030. The molecule has 1 aliphatic carbocycles. The average Bonchev–Trinajstić information content (AvgIpc) is 3.30. The van der Waals surface area contributed by atoms with E-state index in [0.29, 0.717) is 17.1 Å². The molecule has 2 aliphatic heterocycles. The van der Waals surface area contributed by atoms with Crippen LogP contribution in [0.3, 0.4) is 0 Å². The third-order valence-electron chi connectivity index (χ3n) is 6.71. The zero-order valence-electron chi connectivity index (χ0n) is 17.0. The first-order valence-corrected chi connectivity index (χ1v) is 10.2. The molecule has 3 fully saturated rings. The highest BCUT2D eigenvalue weighted by molar-refractivity contribution is 5.69. The largest absolute Gasteiger partial charge is 0.507 e. The molecule has 156 valence electrons. The fourth-order valence-corrected chi connectivity index (χ4v) is 4.81. The third-order valence-corrected chi connectivity index (χ3v) is 6.71. The molecule has 0 amide bonds. The lowest BCUT2D eigenvalue weighted by Crippen LogP contribution is -2.70. The summed E-state index contributed by atoms with van der Waals surface area (Å²) in [7, 11) is 1.89. The molecule has 4 heterocycles. The number of hydrogen-bond donors (Lipinski definition) is 2. The number of phenolic OH excluding ortho intramolecular Hbond substituents is 1. The van der Waals surface area contributed by atoms with Gasteiger partial charge in [-0.15, -0.1) is 10.2 Å². The smallest absolute Gasteiger partial charge is 0.151 e. The summed E-state index contributed by atoms with van der Waals surface area (Å²) >= 11 is 0. The molecule has 2 N–H and O–H groups in total. The van der Waals surface area contributed by atoms with Crippen molar-refractivity contribution in [2.24, 2.45) is 5.92 Å². The first-order chi connectivity index (χ1) is 14.5. The number of aromatic hydroxyl groups is 1. The van der Waals surface area contributed by atoms with E-state index in [4.69, 9.17) is 0 Å². The van der Waals surface area contributed by atoms with Crippen molar-refractivity contribution in [1.29, 1.82) is 0 Å². The van der Waals surface area contributed by atoms with Gasteiger partial charge in [0.1, 0.15) is 11.9 Å². The quantitative estimate of drug-likeness (QED) is 0.691. The van der Waals surface area contributed by atoms with Gasteiger partial charge in [-0.3, -0.25) is 0 Å². The predicted molar refractivity (Wildman–Crippen MR) is 112 cm³/mol. The number of hydrogen-bond acceptors (Lipinski definition) is 6. The van der Waals surface area contributed by atoms with Crippen LogP contribution in [0.5, 0.6) is 5.75 Å². The summed E-state index contributed by atoms with van der Waals surface area (Å²) in [4.78, 5) is 5.94. The van der Waals surface area contributed by atoms with Crippen molar-refractivity contribution in [2.75, 3.05) is 18.5 Å². The molecule has 30 heavy (non-hydrogen) atoms. The van der Waals surface area contributed by atoms with Gasteiger partial charge in [-0.25, -0.2) is 9.37 Å². The first-order valence-electron chi connectivity index (χ1n) is 10.2. The molecule has 8 heteroatoms. The van der Waals surface area contributed by atoms with E-state index < -0.39 is 11.7 Å². The summed E-state index contributed by atoms with van der Waals surface area (Å²) in [6.07, 6.45) is 6.08. The van der Waals surface area contributed by atoms with Crippen LogP contribution in [0.2, 0.25) is 0 Å². The number of imidazole rings is 1. The van der Waals surface area contributed by atoms with Crippen LogP contribution in [0.1, 0.15) is 19.8 Å². The minimum Gasteiger partial charge on any atom is -0.507 e. The molecule has 2 saturated heterocycles. The van der Waals surface area contributed by atoms with Crippen LogP contribution in [-0.2, 0) is 0 Å². The Balaban J connectivity index is 1.38. The first kappa shape index (κ1) is 19.0. The van der Waals surface area contributed by atoms with Gasteiger partial charge >= 0.3 is 0 Å². The highest BCUT2D eigenvalue weighted by atomic mass is 19.1. The highest BCUT2D eigenvalue weighted by Gasteiger charge is 2.53. The maximum Gasteiger partial charge on any atom is 0.151 e. The molecule has 2 bridgehead atoms. The van der Waals surface area contributed by atoms with E-state index in [2.05, 4.69) is 20.5 Å². The number of aromatic nitrogens is 4. The Hall–Kier alpha value is -3.00. The van der Waals surface area contributed by atoms with Crippen LogP contribution in [0, 0.1) is 5.92 Å². The zero-order valence-corrected chi connectivity index (χ0v) is 17.0. The molecule has 1 saturated carbocycles. The second-order valence-corrected chi connectivity index (χ2v) is 8.55. The normalized spacial score (nSPS) is 27.9. The van der Waals surface area contributed by atoms with Crippen LogP contribution in [-0.4, -0.2) is 56.2 Å². The van der Waals surface area contributed by atoms with Crippen molar-refractivity contribution in [2.45, 2.75) is 37.5 Å². The third kappa shape index (κ3) is 3.02. The van der Waals surface area contributed by atoms with Gasteiger partial charge in [0.2, 0.25) is 0 Å². The Morgan fingerprint density at radius 1 is 1.27 bits per heavy atom. The molecule has 3 aromatic rings. The summed E-state index contributed by atoms with van der Waals surface area (Å²) in [5.41, 5.74) is 1.50. The Kier molecular flexibility index (Phi) is 4.47. The van der Waals surface area contributed by atoms with Gasteiger partial charge < -0.3 is 19.9 Å². The SMILES string of the molecule is CN(c1ccc(-c2ccc(-n3ccnc3)cc2O)nn1)[C@H]1[C@H]2CC[C@](C)(NC2)[C@@H]1F. The Labute approximate surface area is 174 Å². The van der Waals surface area contributed by atoms with E-state index in [1.165, 1.54) is 0 Å². The Morgan fingerprint density at radius 2 is 2.13 bits per heavy atom. The number of benzene rings is 1. The lowest BCUT2D eigenvalue weighted by molar-refractivity contribution is 0.0102. The molecule has 7 nitrogen and oxygen atoms in total. The molecule has 0 radical (unpaired) electrons. The topological polar surface area (TPSA) is 79.1 Å². The van der Waals surface area contributed by atoms with Gasteiger partial charge in [0.05, 0.1) is 23.8 Å². The fourth-order valence-electron chi connectivity index (χ4n) is 4.81. The molecule has 0 spiro atoms. The van der Waals surface area contributed by atoms with Crippen molar-refractivity contribution in [3.8, 4) is 22.7 Å².